The number of hydrogen-bond donors (Lipinski definition) is 1. The van der Waals surface area contributed by atoms with Crippen LogP contribution in [-0.2, 0) is 6.54 Å². The minimum atomic E-state index is 0.903. The van der Waals surface area contributed by atoms with Crippen molar-refractivity contribution in [2.75, 3.05) is 18.1 Å². The molecular formula is C13H19NS. The summed E-state index contributed by atoms with van der Waals surface area (Å²) in [5.74, 6) is 3.61. The molecule has 0 saturated carbocycles. The van der Waals surface area contributed by atoms with Crippen molar-refractivity contribution in [2.45, 2.75) is 19.9 Å². The van der Waals surface area contributed by atoms with E-state index in [2.05, 4.69) is 48.3 Å². The maximum atomic E-state index is 3.56. The number of hydrogen-bond acceptors (Lipinski definition) is 2. The molecule has 1 N–H and O–H groups in total. The van der Waals surface area contributed by atoms with E-state index in [9.17, 15) is 0 Å². The molecule has 1 aliphatic rings. The lowest BCUT2D eigenvalue weighted by atomic mass is 10.1. The molecule has 0 aromatic heterocycles. The molecule has 1 aromatic rings. The van der Waals surface area contributed by atoms with Crippen LogP contribution in [0.5, 0.6) is 0 Å². The first-order valence-corrected chi connectivity index (χ1v) is 6.84. The number of aryl methyl sites for hydroxylation is 1. The van der Waals surface area contributed by atoms with Crippen LogP contribution >= 0.6 is 11.8 Å². The molecule has 82 valence electrons. The molecule has 1 heterocycles. The summed E-state index contributed by atoms with van der Waals surface area (Å²) in [5.41, 5.74) is 2.76. The van der Waals surface area contributed by atoms with E-state index in [0.29, 0.717) is 0 Å². The fraction of sp³-hybridized carbons (Fsp3) is 0.538. The third-order valence-corrected chi connectivity index (χ3v) is 4.10. The van der Waals surface area contributed by atoms with Crippen LogP contribution in [0.2, 0.25) is 0 Å². The van der Waals surface area contributed by atoms with Gasteiger partial charge in [-0.05, 0) is 42.9 Å². The summed E-state index contributed by atoms with van der Waals surface area (Å²) in [6.45, 7) is 4.35. The maximum absolute atomic E-state index is 3.56. The number of rotatable bonds is 4. The van der Waals surface area contributed by atoms with Crippen LogP contribution in [0.4, 0.5) is 0 Å². The topological polar surface area (TPSA) is 12.0 Å². The van der Waals surface area contributed by atoms with Crippen molar-refractivity contribution in [3.63, 3.8) is 0 Å². The van der Waals surface area contributed by atoms with Gasteiger partial charge in [-0.3, -0.25) is 0 Å². The highest BCUT2D eigenvalue weighted by atomic mass is 32.2. The Morgan fingerprint density at radius 1 is 1.47 bits per heavy atom. The SMILES string of the molecule is Cc1cccc(CNCC2CCSC2)c1. The monoisotopic (exact) mass is 221 g/mol. The quantitative estimate of drug-likeness (QED) is 0.839. The van der Waals surface area contributed by atoms with Gasteiger partial charge >= 0.3 is 0 Å². The summed E-state index contributed by atoms with van der Waals surface area (Å²) in [7, 11) is 0. The zero-order chi connectivity index (χ0) is 10.5. The zero-order valence-corrected chi connectivity index (χ0v) is 10.1. The van der Waals surface area contributed by atoms with Crippen molar-refractivity contribution in [2.24, 2.45) is 5.92 Å². The van der Waals surface area contributed by atoms with Gasteiger partial charge in [0.25, 0.3) is 0 Å². The van der Waals surface area contributed by atoms with E-state index in [0.717, 1.165) is 12.5 Å². The summed E-state index contributed by atoms with van der Waals surface area (Å²) < 4.78 is 0. The molecule has 1 aromatic carbocycles. The molecular weight excluding hydrogens is 202 g/mol. The number of nitrogens with one attached hydrogen (secondary N) is 1. The van der Waals surface area contributed by atoms with Crippen LogP contribution < -0.4 is 5.32 Å². The standard InChI is InChI=1S/C13H19NS/c1-11-3-2-4-12(7-11)8-14-9-13-5-6-15-10-13/h2-4,7,13-14H,5-6,8-10H2,1H3. The summed E-state index contributed by atoms with van der Waals surface area (Å²) in [6, 6.07) is 8.74. The van der Waals surface area contributed by atoms with Gasteiger partial charge in [-0.25, -0.2) is 0 Å². The van der Waals surface area contributed by atoms with Crippen molar-refractivity contribution >= 4 is 11.8 Å². The first-order chi connectivity index (χ1) is 7.34. The molecule has 1 aliphatic heterocycles. The van der Waals surface area contributed by atoms with Crippen LogP contribution in [0.3, 0.4) is 0 Å². The molecule has 0 amide bonds. The molecule has 0 spiro atoms. The van der Waals surface area contributed by atoms with E-state index in [1.165, 1.54) is 35.6 Å². The lowest BCUT2D eigenvalue weighted by Crippen LogP contribution is -2.22. The molecule has 0 bridgehead atoms. The Bertz CT molecular complexity index is 305. The normalized spacial score (nSPS) is 20.7. The summed E-state index contributed by atoms with van der Waals surface area (Å²) in [6.07, 6.45) is 1.39. The fourth-order valence-corrected chi connectivity index (χ4v) is 3.27. The molecule has 1 atom stereocenters. The summed E-state index contributed by atoms with van der Waals surface area (Å²) in [5, 5.41) is 3.56. The highest BCUT2D eigenvalue weighted by Gasteiger charge is 2.14. The molecule has 2 rings (SSSR count). The average molecular weight is 221 g/mol. The van der Waals surface area contributed by atoms with Gasteiger partial charge in [0.2, 0.25) is 0 Å². The molecule has 15 heavy (non-hydrogen) atoms. The first kappa shape index (κ1) is 11.0. The largest absolute Gasteiger partial charge is 0.312 e. The predicted octanol–water partition coefficient (Wildman–Crippen LogP) is 2.84. The van der Waals surface area contributed by atoms with Crippen LogP contribution in [0.25, 0.3) is 0 Å². The van der Waals surface area contributed by atoms with Gasteiger partial charge in [-0.15, -0.1) is 0 Å². The molecule has 1 unspecified atom stereocenters. The summed E-state index contributed by atoms with van der Waals surface area (Å²) >= 11 is 2.09. The van der Waals surface area contributed by atoms with Crippen molar-refractivity contribution in [3.8, 4) is 0 Å². The maximum Gasteiger partial charge on any atom is 0.0205 e. The lowest BCUT2D eigenvalue weighted by Gasteiger charge is -2.10. The smallest absolute Gasteiger partial charge is 0.0205 e. The second kappa shape index (κ2) is 5.57. The van der Waals surface area contributed by atoms with Gasteiger partial charge in [0.15, 0.2) is 0 Å². The average Bonchev–Trinajstić information content (AvgIpc) is 2.71. The third kappa shape index (κ3) is 3.54. The molecule has 0 radical (unpaired) electrons. The van der Waals surface area contributed by atoms with Crippen molar-refractivity contribution in [1.82, 2.24) is 5.32 Å². The van der Waals surface area contributed by atoms with Gasteiger partial charge in [0.1, 0.15) is 0 Å². The molecule has 1 saturated heterocycles. The van der Waals surface area contributed by atoms with E-state index < -0.39 is 0 Å². The Balaban J connectivity index is 1.73. The first-order valence-electron chi connectivity index (χ1n) is 5.68. The van der Waals surface area contributed by atoms with Gasteiger partial charge in [0, 0.05) is 6.54 Å². The Hall–Kier alpha value is -0.470. The Kier molecular flexibility index (Phi) is 4.09. The minimum Gasteiger partial charge on any atom is -0.312 e. The van der Waals surface area contributed by atoms with E-state index in [4.69, 9.17) is 0 Å². The predicted molar refractivity (Wildman–Crippen MR) is 68.3 cm³/mol. The Labute approximate surface area is 96.7 Å². The van der Waals surface area contributed by atoms with E-state index in [1.807, 2.05) is 0 Å². The highest BCUT2D eigenvalue weighted by molar-refractivity contribution is 7.99. The van der Waals surface area contributed by atoms with Gasteiger partial charge in [-0.2, -0.15) is 11.8 Å². The molecule has 1 nitrogen and oxygen atoms in total. The molecule has 1 fully saturated rings. The Morgan fingerprint density at radius 3 is 3.13 bits per heavy atom. The lowest BCUT2D eigenvalue weighted by molar-refractivity contribution is 0.523. The van der Waals surface area contributed by atoms with E-state index in [-0.39, 0.29) is 0 Å². The van der Waals surface area contributed by atoms with Crippen molar-refractivity contribution in [3.05, 3.63) is 35.4 Å². The fourth-order valence-electron chi connectivity index (χ4n) is 1.99. The van der Waals surface area contributed by atoms with E-state index >= 15 is 0 Å². The van der Waals surface area contributed by atoms with E-state index in [1.54, 1.807) is 0 Å². The van der Waals surface area contributed by atoms with Gasteiger partial charge in [-0.1, -0.05) is 29.8 Å². The van der Waals surface area contributed by atoms with Crippen molar-refractivity contribution in [1.29, 1.82) is 0 Å². The molecule has 0 aliphatic carbocycles. The Morgan fingerprint density at radius 2 is 2.40 bits per heavy atom. The van der Waals surface area contributed by atoms with Gasteiger partial charge in [0.05, 0.1) is 0 Å². The van der Waals surface area contributed by atoms with Crippen molar-refractivity contribution < 1.29 is 0 Å². The van der Waals surface area contributed by atoms with Crippen LogP contribution in [0.1, 0.15) is 17.5 Å². The number of thioether (sulfide) groups is 1. The highest BCUT2D eigenvalue weighted by Crippen LogP contribution is 2.22. The molecule has 2 heteroatoms. The second-order valence-electron chi connectivity index (χ2n) is 4.35. The minimum absolute atomic E-state index is 0.903. The third-order valence-electron chi connectivity index (χ3n) is 2.87. The van der Waals surface area contributed by atoms with Crippen LogP contribution in [0.15, 0.2) is 24.3 Å². The zero-order valence-electron chi connectivity index (χ0n) is 9.33. The van der Waals surface area contributed by atoms with Gasteiger partial charge < -0.3 is 5.32 Å². The van der Waals surface area contributed by atoms with Crippen LogP contribution in [0, 0.1) is 12.8 Å². The second-order valence-corrected chi connectivity index (χ2v) is 5.50. The number of benzene rings is 1. The summed E-state index contributed by atoms with van der Waals surface area (Å²) in [4.78, 5) is 0. The van der Waals surface area contributed by atoms with Crippen LogP contribution in [-0.4, -0.2) is 18.1 Å².